The number of benzene rings is 1. The van der Waals surface area contributed by atoms with Gasteiger partial charge in [-0.1, -0.05) is 13.0 Å². The number of aromatic hydroxyl groups is 1. The monoisotopic (exact) mass is 277 g/mol. The lowest BCUT2D eigenvalue weighted by molar-refractivity contribution is 0.460. The van der Waals surface area contributed by atoms with Gasteiger partial charge in [0.25, 0.3) is 0 Å². The van der Waals surface area contributed by atoms with Gasteiger partial charge in [0, 0.05) is 15.2 Å². The van der Waals surface area contributed by atoms with Crippen LogP contribution in [0.4, 0.5) is 0 Å². The first-order valence-corrected chi connectivity index (χ1v) is 4.97. The summed E-state index contributed by atoms with van der Waals surface area (Å²) >= 11 is 2.16. The zero-order valence-corrected chi connectivity index (χ0v) is 9.08. The van der Waals surface area contributed by atoms with E-state index in [0.717, 1.165) is 15.6 Å². The Kier molecular flexibility index (Phi) is 3.34. The summed E-state index contributed by atoms with van der Waals surface area (Å²) in [5.41, 5.74) is 6.61. The van der Waals surface area contributed by atoms with Crippen LogP contribution in [-0.2, 0) is 0 Å². The summed E-state index contributed by atoms with van der Waals surface area (Å²) in [5, 5.41) is 9.51. The second kappa shape index (κ2) is 4.09. The molecule has 0 aliphatic rings. The van der Waals surface area contributed by atoms with E-state index in [1.807, 2.05) is 19.1 Å². The second-order valence-electron chi connectivity index (χ2n) is 2.72. The minimum Gasteiger partial charge on any atom is -0.508 e. The number of nitrogens with two attached hydrogens (primary N) is 1. The molecule has 0 bridgehead atoms. The average molecular weight is 277 g/mol. The van der Waals surface area contributed by atoms with Gasteiger partial charge in [0.2, 0.25) is 0 Å². The van der Waals surface area contributed by atoms with Gasteiger partial charge in [0.15, 0.2) is 0 Å². The third-order valence-corrected chi connectivity index (χ3v) is 2.50. The normalized spacial score (nSPS) is 12.9. The number of phenolic OH excluding ortho intramolecular Hbond substituents is 1. The molecule has 0 radical (unpaired) electrons. The quantitative estimate of drug-likeness (QED) is 0.815. The molecule has 0 fully saturated rings. The van der Waals surface area contributed by atoms with Gasteiger partial charge in [-0.15, -0.1) is 0 Å². The van der Waals surface area contributed by atoms with Gasteiger partial charge in [0.1, 0.15) is 5.75 Å². The summed E-state index contributed by atoms with van der Waals surface area (Å²) in [7, 11) is 0. The van der Waals surface area contributed by atoms with Gasteiger partial charge in [-0.2, -0.15) is 0 Å². The Hall–Kier alpha value is -0.290. The molecule has 0 saturated carbocycles. The van der Waals surface area contributed by atoms with Crippen LogP contribution in [0.25, 0.3) is 0 Å². The molecular formula is C9H12INO. The SMILES string of the molecule is CC[C@H](N)c1ccc(I)cc1O. The molecule has 0 aliphatic carbocycles. The Morgan fingerprint density at radius 2 is 2.25 bits per heavy atom. The van der Waals surface area contributed by atoms with Crippen LogP contribution in [0.1, 0.15) is 24.9 Å². The zero-order chi connectivity index (χ0) is 9.14. The molecule has 2 nitrogen and oxygen atoms in total. The molecular weight excluding hydrogens is 265 g/mol. The molecule has 3 heteroatoms. The maximum Gasteiger partial charge on any atom is 0.121 e. The lowest BCUT2D eigenvalue weighted by Gasteiger charge is -2.10. The molecule has 0 aromatic heterocycles. The molecule has 0 spiro atoms. The predicted molar refractivity (Wildman–Crippen MR) is 58.0 cm³/mol. The molecule has 0 heterocycles. The van der Waals surface area contributed by atoms with E-state index in [9.17, 15) is 5.11 Å². The molecule has 1 rings (SSSR count). The highest BCUT2D eigenvalue weighted by Gasteiger charge is 2.07. The van der Waals surface area contributed by atoms with E-state index in [4.69, 9.17) is 5.73 Å². The summed E-state index contributed by atoms with van der Waals surface area (Å²) in [6, 6.07) is 5.50. The summed E-state index contributed by atoms with van der Waals surface area (Å²) < 4.78 is 1.03. The van der Waals surface area contributed by atoms with Crippen molar-refractivity contribution in [2.24, 2.45) is 5.73 Å². The number of rotatable bonds is 2. The van der Waals surface area contributed by atoms with Crippen molar-refractivity contribution in [1.29, 1.82) is 0 Å². The van der Waals surface area contributed by atoms with Crippen molar-refractivity contribution < 1.29 is 5.11 Å². The minimum atomic E-state index is -0.0537. The van der Waals surface area contributed by atoms with Crippen molar-refractivity contribution in [3.63, 3.8) is 0 Å². The first-order chi connectivity index (χ1) is 5.65. The van der Waals surface area contributed by atoms with Crippen LogP contribution in [0, 0.1) is 3.57 Å². The van der Waals surface area contributed by atoms with Crippen molar-refractivity contribution in [2.75, 3.05) is 0 Å². The van der Waals surface area contributed by atoms with Crippen LogP contribution < -0.4 is 5.73 Å². The van der Waals surface area contributed by atoms with Gasteiger partial charge in [-0.05, 0) is 41.1 Å². The lowest BCUT2D eigenvalue weighted by Crippen LogP contribution is -2.08. The molecule has 12 heavy (non-hydrogen) atoms. The molecule has 1 aromatic carbocycles. The third-order valence-electron chi connectivity index (χ3n) is 1.83. The van der Waals surface area contributed by atoms with Gasteiger partial charge >= 0.3 is 0 Å². The molecule has 0 amide bonds. The number of halogens is 1. The maximum absolute atomic E-state index is 9.51. The molecule has 1 aromatic rings. The Labute approximate surface area is 85.9 Å². The Morgan fingerprint density at radius 1 is 1.58 bits per heavy atom. The fourth-order valence-corrected chi connectivity index (χ4v) is 1.53. The van der Waals surface area contributed by atoms with Crippen molar-refractivity contribution in [1.82, 2.24) is 0 Å². The van der Waals surface area contributed by atoms with Crippen LogP contribution in [0.2, 0.25) is 0 Å². The zero-order valence-electron chi connectivity index (χ0n) is 6.92. The van der Waals surface area contributed by atoms with Crippen molar-refractivity contribution >= 4 is 22.6 Å². The lowest BCUT2D eigenvalue weighted by atomic mass is 10.0. The van der Waals surface area contributed by atoms with Crippen LogP contribution in [0.15, 0.2) is 18.2 Å². The Bertz CT molecular complexity index is 275. The highest BCUT2D eigenvalue weighted by molar-refractivity contribution is 14.1. The van der Waals surface area contributed by atoms with E-state index < -0.39 is 0 Å². The summed E-state index contributed by atoms with van der Waals surface area (Å²) in [6.07, 6.45) is 0.841. The third kappa shape index (κ3) is 2.10. The molecule has 0 unspecified atom stereocenters. The summed E-state index contributed by atoms with van der Waals surface area (Å²) in [5.74, 6) is 0.302. The smallest absolute Gasteiger partial charge is 0.121 e. The predicted octanol–water partition coefficient (Wildman–Crippen LogP) is 2.41. The molecule has 0 saturated heterocycles. The van der Waals surface area contributed by atoms with Crippen LogP contribution in [0.3, 0.4) is 0 Å². The molecule has 3 N–H and O–H groups in total. The van der Waals surface area contributed by atoms with E-state index in [1.54, 1.807) is 6.07 Å². The highest BCUT2D eigenvalue weighted by Crippen LogP contribution is 2.25. The van der Waals surface area contributed by atoms with Crippen molar-refractivity contribution in [3.05, 3.63) is 27.3 Å². The van der Waals surface area contributed by atoms with Crippen molar-refractivity contribution in [2.45, 2.75) is 19.4 Å². The fourth-order valence-electron chi connectivity index (χ4n) is 1.05. The van der Waals surface area contributed by atoms with Gasteiger partial charge in [-0.3, -0.25) is 0 Å². The van der Waals surface area contributed by atoms with E-state index in [1.165, 1.54) is 0 Å². The standard InChI is InChI=1S/C9H12INO/c1-2-8(11)7-4-3-6(10)5-9(7)12/h3-5,8,12H,2,11H2,1H3/t8-/m0/s1. The van der Waals surface area contributed by atoms with Crippen LogP contribution in [0.5, 0.6) is 5.75 Å². The van der Waals surface area contributed by atoms with Gasteiger partial charge in [-0.25, -0.2) is 0 Å². The highest BCUT2D eigenvalue weighted by atomic mass is 127. The molecule has 0 aliphatic heterocycles. The fraction of sp³-hybridized carbons (Fsp3) is 0.333. The van der Waals surface area contributed by atoms with Gasteiger partial charge in [0.05, 0.1) is 0 Å². The van der Waals surface area contributed by atoms with Crippen LogP contribution in [-0.4, -0.2) is 5.11 Å². The van der Waals surface area contributed by atoms with E-state index in [-0.39, 0.29) is 6.04 Å². The average Bonchev–Trinajstić information content (AvgIpc) is 2.03. The van der Waals surface area contributed by atoms with Gasteiger partial charge < -0.3 is 10.8 Å². The number of hydrogen-bond acceptors (Lipinski definition) is 2. The Morgan fingerprint density at radius 3 is 2.75 bits per heavy atom. The first-order valence-electron chi connectivity index (χ1n) is 3.89. The van der Waals surface area contributed by atoms with Crippen LogP contribution >= 0.6 is 22.6 Å². The van der Waals surface area contributed by atoms with E-state index >= 15 is 0 Å². The Balaban J connectivity index is 3.01. The molecule has 66 valence electrons. The minimum absolute atomic E-state index is 0.0537. The second-order valence-corrected chi connectivity index (χ2v) is 3.96. The maximum atomic E-state index is 9.51. The topological polar surface area (TPSA) is 46.2 Å². The number of phenols is 1. The number of hydrogen-bond donors (Lipinski definition) is 2. The van der Waals surface area contributed by atoms with Crippen molar-refractivity contribution in [3.8, 4) is 5.75 Å². The summed E-state index contributed by atoms with van der Waals surface area (Å²) in [4.78, 5) is 0. The summed E-state index contributed by atoms with van der Waals surface area (Å²) in [6.45, 7) is 2.00. The molecule has 1 atom stereocenters. The van der Waals surface area contributed by atoms with E-state index in [0.29, 0.717) is 5.75 Å². The largest absolute Gasteiger partial charge is 0.508 e. The first kappa shape index (κ1) is 9.80. The van der Waals surface area contributed by atoms with E-state index in [2.05, 4.69) is 22.6 Å².